The van der Waals surface area contributed by atoms with E-state index in [0.717, 1.165) is 16.9 Å². The molecular formula is C18H16N2O3. The van der Waals surface area contributed by atoms with Gasteiger partial charge in [0.2, 0.25) is 0 Å². The van der Waals surface area contributed by atoms with E-state index < -0.39 is 5.91 Å². The highest BCUT2D eigenvalue weighted by Gasteiger charge is 2.15. The highest BCUT2D eigenvalue weighted by Crippen LogP contribution is 2.27. The van der Waals surface area contributed by atoms with Crippen molar-refractivity contribution in [2.75, 3.05) is 0 Å². The molecule has 116 valence electrons. The van der Waals surface area contributed by atoms with Crippen LogP contribution in [0.5, 0.6) is 5.75 Å². The molecule has 0 aliphatic heterocycles. The summed E-state index contributed by atoms with van der Waals surface area (Å²) in [6.07, 6.45) is 1.46. The number of nitrogens with one attached hydrogen (secondary N) is 1. The van der Waals surface area contributed by atoms with Crippen molar-refractivity contribution < 1.29 is 13.9 Å². The van der Waals surface area contributed by atoms with E-state index >= 15 is 0 Å². The SMILES string of the molecule is NNC(=O)c1occc1-c1ccc(OCc2ccccc2)cc1. The Bertz CT molecular complexity index is 780. The van der Waals surface area contributed by atoms with Crippen LogP contribution in [0.3, 0.4) is 0 Å². The molecule has 1 heterocycles. The number of ether oxygens (including phenoxy) is 1. The fourth-order valence-corrected chi connectivity index (χ4v) is 2.25. The molecule has 2 aromatic carbocycles. The van der Waals surface area contributed by atoms with Gasteiger partial charge in [0.15, 0.2) is 5.76 Å². The Kier molecular flexibility index (Phi) is 4.40. The molecule has 3 aromatic rings. The van der Waals surface area contributed by atoms with Gasteiger partial charge in [0.25, 0.3) is 0 Å². The van der Waals surface area contributed by atoms with Gasteiger partial charge in [-0.05, 0) is 29.3 Å². The number of furan rings is 1. The maximum atomic E-state index is 11.6. The van der Waals surface area contributed by atoms with Crippen LogP contribution in [0.4, 0.5) is 0 Å². The molecule has 3 rings (SSSR count). The maximum absolute atomic E-state index is 11.6. The lowest BCUT2D eigenvalue weighted by Gasteiger charge is -2.07. The minimum atomic E-state index is -0.464. The van der Waals surface area contributed by atoms with Crippen LogP contribution in [-0.2, 0) is 6.61 Å². The first kappa shape index (κ1) is 14.9. The molecule has 3 N–H and O–H groups in total. The standard InChI is InChI=1S/C18H16N2O3/c19-20-18(21)17-16(10-11-22-17)14-6-8-15(9-7-14)23-12-13-4-2-1-3-5-13/h1-11H,12,19H2,(H,20,21). The molecule has 5 nitrogen and oxygen atoms in total. The second-order valence-corrected chi connectivity index (χ2v) is 4.94. The number of hydrogen-bond donors (Lipinski definition) is 2. The van der Waals surface area contributed by atoms with Gasteiger partial charge in [0.1, 0.15) is 12.4 Å². The van der Waals surface area contributed by atoms with Crippen molar-refractivity contribution in [3.63, 3.8) is 0 Å². The zero-order valence-electron chi connectivity index (χ0n) is 12.4. The largest absolute Gasteiger partial charge is 0.489 e. The molecule has 1 amide bonds. The predicted octanol–water partition coefficient (Wildman–Crippen LogP) is 3.13. The second-order valence-electron chi connectivity index (χ2n) is 4.94. The lowest BCUT2D eigenvalue weighted by atomic mass is 10.1. The Hall–Kier alpha value is -3.05. The van der Waals surface area contributed by atoms with Gasteiger partial charge in [-0.1, -0.05) is 42.5 Å². The molecule has 1 aromatic heterocycles. The topological polar surface area (TPSA) is 77.5 Å². The summed E-state index contributed by atoms with van der Waals surface area (Å²) >= 11 is 0. The van der Waals surface area contributed by atoms with Gasteiger partial charge in [-0.2, -0.15) is 0 Å². The van der Waals surface area contributed by atoms with E-state index in [-0.39, 0.29) is 5.76 Å². The summed E-state index contributed by atoms with van der Waals surface area (Å²) < 4.78 is 10.9. The fraction of sp³-hybridized carbons (Fsp3) is 0.0556. The molecule has 0 radical (unpaired) electrons. The van der Waals surface area contributed by atoms with Crippen molar-refractivity contribution in [3.8, 4) is 16.9 Å². The summed E-state index contributed by atoms with van der Waals surface area (Å²) in [6.45, 7) is 0.507. The van der Waals surface area contributed by atoms with E-state index in [4.69, 9.17) is 15.0 Å². The third-order valence-electron chi connectivity index (χ3n) is 3.42. The first-order valence-electron chi connectivity index (χ1n) is 7.13. The van der Waals surface area contributed by atoms with Crippen molar-refractivity contribution in [2.45, 2.75) is 6.61 Å². The molecule has 0 saturated heterocycles. The Labute approximate surface area is 133 Å². The monoisotopic (exact) mass is 308 g/mol. The zero-order chi connectivity index (χ0) is 16.1. The Balaban J connectivity index is 1.72. The second kappa shape index (κ2) is 6.81. The molecule has 0 aliphatic rings. The van der Waals surface area contributed by atoms with Gasteiger partial charge in [-0.25, -0.2) is 5.84 Å². The van der Waals surface area contributed by atoms with Crippen molar-refractivity contribution >= 4 is 5.91 Å². The highest BCUT2D eigenvalue weighted by molar-refractivity contribution is 5.97. The number of carbonyl (C=O) groups excluding carboxylic acids is 1. The summed E-state index contributed by atoms with van der Waals surface area (Å²) in [5.41, 5.74) is 4.71. The van der Waals surface area contributed by atoms with Gasteiger partial charge in [0, 0.05) is 5.56 Å². The van der Waals surface area contributed by atoms with E-state index in [2.05, 4.69) is 5.43 Å². The van der Waals surface area contributed by atoms with Gasteiger partial charge in [-0.3, -0.25) is 10.2 Å². The van der Waals surface area contributed by atoms with Gasteiger partial charge >= 0.3 is 5.91 Å². The Morgan fingerprint density at radius 1 is 1.04 bits per heavy atom. The summed E-state index contributed by atoms with van der Waals surface area (Å²) in [5.74, 6) is 5.63. The lowest BCUT2D eigenvalue weighted by Crippen LogP contribution is -2.29. The molecule has 0 spiro atoms. The summed E-state index contributed by atoms with van der Waals surface area (Å²) in [4.78, 5) is 11.6. The number of rotatable bonds is 5. The van der Waals surface area contributed by atoms with Gasteiger partial charge in [0.05, 0.1) is 6.26 Å². The van der Waals surface area contributed by atoms with Crippen molar-refractivity contribution in [3.05, 3.63) is 78.3 Å². The average Bonchev–Trinajstić information content (AvgIpc) is 3.10. The zero-order valence-corrected chi connectivity index (χ0v) is 12.4. The van der Waals surface area contributed by atoms with E-state index in [0.29, 0.717) is 12.2 Å². The van der Waals surface area contributed by atoms with Crippen LogP contribution in [0, 0.1) is 0 Å². The summed E-state index contributed by atoms with van der Waals surface area (Å²) in [7, 11) is 0. The number of carbonyl (C=O) groups is 1. The number of amides is 1. The molecule has 0 bridgehead atoms. The minimum absolute atomic E-state index is 0.186. The summed E-state index contributed by atoms with van der Waals surface area (Å²) in [6, 6.07) is 19.1. The Morgan fingerprint density at radius 2 is 1.78 bits per heavy atom. The number of nitrogens with two attached hydrogens (primary N) is 1. The molecule has 0 atom stereocenters. The third kappa shape index (κ3) is 3.41. The molecule has 5 heteroatoms. The highest BCUT2D eigenvalue weighted by atomic mass is 16.5. The average molecular weight is 308 g/mol. The number of benzene rings is 2. The fourth-order valence-electron chi connectivity index (χ4n) is 2.25. The maximum Gasteiger partial charge on any atom is 0.301 e. The number of hydrogen-bond acceptors (Lipinski definition) is 4. The third-order valence-corrected chi connectivity index (χ3v) is 3.42. The van der Waals surface area contributed by atoms with Crippen LogP contribution < -0.4 is 16.0 Å². The van der Waals surface area contributed by atoms with Gasteiger partial charge < -0.3 is 9.15 Å². The molecule has 0 aliphatic carbocycles. The number of hydrazine groups is 1. The lowest BCUT2D eigenvalue weighted by molar-refractivity contribution is 0.0927. The quantitative estimate of drug-likeness (QED) is 0.431. The molecular weight excluding hydrogens is 292 g/mol. The van der Waals surface area contributed by atoms with Gasteiger partial charge in [-0.15, -0.1) is 0 Å². The first-order chi connectivity index (χ1) is 11.3. The molecule has 23 heavy (non-hydrogen) atoms. The first-order valence-corrected chi connectivity index (χ1v) is 7.13. The minimum Gasteiger partial charge on any atom is -0.489 e. The van der Waals surface area contributed by atoms with E-state index in [1.54, 1.807) is 6.07 Å². The molecule has 0 unspecified atom stereocenters. The van der Waals surface area contributed by atoms with Crippen molar-refractivity contribution in [1.29, 1.82) is 0 Å². The van der Waals surface area contributed by atoms with Crippen LogP contribution in [0.2, 0.25) is 0 Å². The van der Waals surface area contributed by atoms with E-state index in [1.165, 1.54) is 6.26 Å². The normalized spacial score (nSPS) is 10.3. The van der Waals surface area contributed by atoms with Crippen LogP contribution >= 0.6 is 0 Å². The number of nitrogen functional groups attached to an aromatic ring is 1. The van der Waals surface area contributed by atoms with Crippen molar-refractivity contribution in [2.24, 2.45) is 5.84 Å². The van der Waals surface area contributed by atoms with E-state index in [1.807, 2.05) is 54.6 Å². The molecule has 0 fully saturated rings. The smallest absolute Gasteiger partial charge is 0.301 e. The molecule has 0 saturated carbocycles. The Morgan fingerprint density at radius 3 is 2.48 bits per heavy atom. The predicted molar refractivity (Wildman–Crippen MR) is 86.6 cm³/mol. The van der Waals surface area contributed by atoms with Crippen LogP contribution in [-0.4, -0.2) is 5.91 Å². The van der Waals surface area contributed by atoms with Crippen LogP contribution in [0.15, 0.2) is 71.3 Å². The van der Waals surface area contributed by atoms with E-state index in [9.17, 15) is 4.79 Å². The van der Waals surface area contributed by atoms with Crippen LogP contribution in [0.1, 0.15) is 16.1 Å². The van der Waals surface area contributed by atoms with Crippen molar-refractivity contribution in [1.82, 2.24) is 5.43 Å². The summed E-state index contributed by atoms with van der Waals surface area (Å²) in [5, 5.41) is 0. The van der Waals surface area contributed by atoms with Crippen LogP contribution in [0.25, 0.3) is 11.1 Å².